The van der Waals surface area contributed by atoms with Gasteiger partial charge in [0.25, 0.3) is 10.0 Å². The van der Waals surface area contributed by atoms with Crippen LogP contribution in [0.4, 0.5) is 11.5 Å². The molecule has 5 nitrogen and oxygen atoms in total. The number of aryl methyl sites for hydroxylation is 1. The number of benzene rings is 2. The molecule has 0 aliphatic rings. The molecule has 0 fully saturated rings. The SMILES string of the molecule is Cc1cccc(NS(=O)(=O)c2ccc(-c3cccc(N)c3)cc2)n1. The number of nitrogens with one attached hydrogen (secondary N) is 1. The number of sulfonamides is 1. The van der Waals surface area contributed by atoms with Gasteiger partial charge in [0.2, 0.25) is 0 Å². The first-order valence-electron chi connectivity index (χ1n) is 7.36. The van der Waals surface area contributed by atoms with Gasteiger partial charge in [0.15, 0.2) is 0 Å². The Morgan fingerprint density at radius 1 is 0.917 bits per heavy atom. The van der Waals surface area contributed by atoms with Crippen LogP contribution in [0.1, 0.15) is 5.69 Å². The molecule has 0 atom stereocenters. The Hall–Kier alpha value is -2.86. The Kier molecular flexibility index (Phi) is 4.22. The van der Waals surface area contributed by atoms with Crippen molar-refractivity contribution in [3.63, 3.8) is 0 Å². The highest BCUT2D eigenvalue weighted by Gasteiger charge is 2.15. The summed E-state index contributed by atoms with van der Waals surface area (Å²) in [5, 5.41) is 0. The first-order chi connectivity index (χ1) is 11.4. The zero-order valence-corrected chi connectivity index (χ0v) is 13.9. The van der Waals surface area contributed by atoms with Crippen molar-refractivity contribution in [3.8, 4) is 11.1 Å². The van der Waals surface area contributed by atoms with Crippen molar-refractivity contribution in [2.75, 3.05) is 10.5 Å². The summed E-state index contributed by atoms with van der Waals surface area (Å²) in [6, 6.07) is 19.3. The number of anilines is 2. The highest BCUT2D eigenvalue weighted by Crippen LogP contribution is 2.23. The highest BCUT2D eigenvalue weighted by atomic mass is 32.2. The number of hydrogen-bond acceptors (Lipinski definition) is 4. The predicted molar refractivity (Wildman–Crippen MR) is 96.1 cm³/mol. The molecule has 0 spiro atoms. The molecule has 122 valence electrons. The monoisotopic (exact) mass is 339 g/mol. The number of nitrogens with zero attached hydrogens (tertiary/aromatic N) is 1. The quantitative estimate of drug-likeness (QED) is 0.713. The second-order valence-corrected chi connectivity index (χ2v) is 7.10. The second kappa shape index (κ2) is 6.33. The zero-order chi connectivity index (χ0) is 17.2. The van der Waals surface area contributed by atoms with Gasteiger partial charge >= 0.3 is 0 Å². The van der Waals surface area contributed by atoms with Crippen LogP contribution in [-0.4, -0.2) is 13.4 Å². The lowest BCUT2D eigenvalue weighted by molar-refractivity contribution is 0.601. The van der Waals surface area contributed by atoms with E-state index in [9.17, 15) is 8.42 Å². The lowest BCUT2D eigenvalue weighted by Gasteiger charge is -2.09. The Labute approximate surface area is 141 Å². The van der Waals surface area contributed by atoms with Crippen molar-refractivity contribution in [1.82, 2.24) is 4.98 Å². The number of rotatable bonds is 4. The smallest absolute Gasteiger partial charge is 0.263 e. The van der Waals surface area contributed by atoms with Crippen LogP contribution in [0, 0.1) is 6.92 Å². The first-order valence-corrected chi connectivity index (χ1v) is 8.85. The van der Waals surface area contributed by atoms with E-state index in [1.807, 2.05) is 18.2 Å². The molecule has 0 bridgehead atoms. The standard InChI is InChI=1S/C18H17N3O2S/c1-13-4-2-7-18(20-13)21-24(22,23)17-10-8-14(9-11-17)15-5-3-6-16(19)12-15/h2-12H,19H2,1H3,(H,20,21). The molecule has 0 saturated heterocycles. The molecule has 0 amide bonds. The fraction of sp³-hybridized carbons (Fsp3) is 0.0556. The van der Waals surface area contributed by atoms with Crippen molar-refractivity contribution < 1.29 is 8.42 Å². The summed E-state index contributed by atoms with van der Waals surface area (Å²) < 4.78 is 27.4. The van der Waals surface area contributed by atoms with Gasteiger partial charge in [-0.25, -0.2) is 13.4 Å². The summed E-state index contributed by atoms with van der Waals surface area (Å²) >= 11 is 0. The molecule has 0 radical (unpaired) electrons. The molecule has 0 aliphatic carbocycles. The zero-order valence-electron chi connectivity index (χ0n) is 13.1. The van der Waals surface area contributed by atoms with Crippen LogP contribution < -0.4 is 10.5 Å². The van der Waals surface area contributed by atoms with E-state index in [1.54, 1.807) is 55.5 Å². The van der Waals surface area contributed by atoms with E-state index >= 15 is 0 Å². The van der Waals surface area contributed by atoms with Crippen molar-refractivity contribution in [1.29, 1.82) is 0 Å². The van der Waals surface area contributed by atoms with E-state index in [0.29, 0.717) is 11.5 Å². The Morgan fingerprint density at radius 2 is 1.62 bits per heavy atom. The maximum Gasteiger partial charge on any atom is 0.263 e. The molecule has 24 heavy (non-hydrogen) atoms. The molecule has 0 saturated carbocycles. The first kappa shape index (κ1) is 16.0. The summed E-state index contributed by atoms with van der Waals surface area (Å²) in [6.45, 7) is 1.80. The molecule has 2 aromatic carbocycles. The average Bonchev–Trinajstić information content (AvgIpc) is 2.54. The fourth-order valence-corrected chi connectivity index (χ4v) is 3.34. The number of aromatic nitrogens is 1. The van der Waals surface area contributed by atoms with E-state index in [1.165, 1.54) is 0 Å². The molecule has 3 aromatic rings. The Balaban J connectivity index is 1.87. The van der Waals surface area contributed by atoms with Crippen LogP contribution in [0.15, 0.2) is 71.6 Å². The van der Waals surface area contributed by atoms with Gasteiger partial charge in [0.05, 0.1) is 4.90 Å². The maximum atomic E-state index is 12.4. The van der Waals surface area contributed by atoms with Crippen LogP contribution >= 0.6 is 0 Å². The molecule has 3 N–H and O–H groups in total. The number of nitrogen functional groups attached to an aromatic ring is 1. The van der Waals surface area contributed by atoms with Gasteiger partial charge < -0.3 is 5.73 Å². The van der Waals surface area contributed by atoms with Crippen LogP contribution in [-0.2, 0) is 10.0 Å². The summed E-state index contributed by atoms with van der Waals surface area (Å²) in [6.07, 6.45) is 0. The molecule has 3 rings (SSSR count). The summed E-state index contributed by atoms with van der Waals surface area (Å²) in [7, 11) is -3.67. The molecular weight excluding hydrogens is 322 g/mol. The highest BCUT2D eigenvalue weighted by molar-refractivity contribution is 7.92. The third kappa shape index (κ3) is 3.55. The van der Waals surface area contributed by atoms with Gasteiger partial charge in [-0.3, -0.25) is 4.72 Å². The van der Waals surface area contributed by atoms with Crippen LogP contribution in [0.25, 0.3) is 11.1 Å². The lowest BCUT2D eigenvalue weighted by Crippen LogP contribution is -2.14. The third-order valence-electron chi connectivity index (χ3n) is 3.51. The van der Waals surface area contributed by atoms with Crippen molar-refractivity contribution in [2.24, 2.45) is 0 Å². The third-order valence-corrected chi connectivity index (χ3v) is 4.88. The Morgan fingerprint density at radius 3 is 2.29 bits per heavy atom. The van der Waals surface area contributed by atoms with E-state index in [0.717, 1.165) is 16.8 Å². The number of nitrogens with two attached hydrogens (primary N) is 1. The van der Waals surface area contributed by atoms with E-state index in [2.05, 4.69) is 9.71 Å². The summed E-state index contributed by atoms with van der Waals surface area (Å²) in [5.41, 5.74) is 9.02. The summed E-state index contributed by atoms with van der Waals surface area (Å²) in [4.78, 5) is 4.33. The molecule has 0 aliphatic heterocycles. The van der Waals surface area contributed by atoms with Gasteiger partial charge in [-0.2, -0.15) is 0 Å². The number of pyridine rings is 1. The van der Waals surface area contributed by atoms with E-state index in [-0.39, 0.29) is 4.90 Å². The predicted octanol–water partition coefficient (Wildman–Crippen LogP) is 3.44. The minimum absolute atomic E-state index is 0.179. The van der Waals surface area contributed by atoms with Crippen molar-refractivity contribution in [3.05, 3.63) is 72.4 Å². The minimum Gasteiger partial charge on any atom is -0.399 e. The van der Waals surface area contributed by atoms with Crippen LogP contribution in [0.2, 0.25) is 0 Å². The van der Waals surface area contributed by atoms with E-state index in [4.69, 9.17) is 5.73 Å². The lowest BCUT2D eigenvalue weighted by atomic mass is 10.1. The summed E-state index contributed by atoms with van der Waals surface area (Å²) in [5.74, 6) is 0.301. The van der Waals surface area contributed by atoms with Crippen LogP contribution in [0.5, 0.6) is 0 Å². The topological polar surface area (TPSA) is 85.1 Å². The Bertz CT molecular complexity index is 968. The largest absolute Gasteiger partial charge is 0.399 e. The second-order valence-electron chi connectivity index (χ2n) is 5.42. The van der Waals surface area contributed by atoms with Gasteiger partial charge in [0, 0.05) is 11.4 Å². The molecule has 1 aromatic heterocycles. The van der Waals surface area contributed by atoms with Gasteiger partial charge in [0.1, 0.15) is 5.82 Å². The van der Waals surface area contributed by atoms with Gasteiger partial charge in [-0.05, 0) is 54.4 Å². The van der Waals surface area contributed by atoms with Crippen LogP contribution in [0.3, 0.4) is 0 Å². The van der Waals surface area contributed by atoms with Crippen molar-refractivity contribution >= 4 is 21.5 Å². The molecule has 0 unspecified atom stereocenters. The van der Waals surface area contributed by atoms with E-state index < -0.39 is 10.0 Å². The van der Waals surface area contributed by atoms with Gasteiger partial charge in [-0.15, -0.1) is 0 Å². The molecular formula is C18H17N3O2S. The van der Waals surface area contributed by atoms with Crippen molar-refractivity contribution in [2.45, 2.75) is 11.8 Å². The minimum atomic E-state index is -3.67. The maximum absolute atomic E-state index is 12.4. The van der Waals surface area contributed by atoms with Gasteiger partial charge in [-0.1, -0.05) is 30.3 Å². The average molecular weight is 339 g/mol. The molecule has 1 heterocycles. The fourth-order valence-electron chi connectivity index (χ4n) is 2.34. The normalized spacial score (nSPS) is 11.2. The number of hydrogen-bond donors (Lipinski definition) is 2. The molecule has 6 heteroatoms.